The highest BCUT2D eigenvalue weighted by atomic mass is 32.1. The molecule has 1 amide bonds. The molecule has 134 valence electrons. The van der Waals surface area contributed by atoms with Gasteiger partial charge in [0.05, 0.1) is 18.4 Å². The third-order valence-corrected chi connectivity index (χ3v) is 4.40. The molecule has 0 aliphatic rings. The Kier molecular flexibility index (Phi) is 5.08. The molecule has 0 saturated carbocycles. The standard InChI is InChI=1S/C17H15FN4O3S/c1-3-25-16(24)12-8-19-22(9-12)14-10-26-17(20-14)21(2)15(23)11-4-6-13(18)7-5-11/h4-10H,3H2,1-2H3. The second-order valence-corrected chi connectivity index (χ2v) is 6.09. The van der Waals surface area contributed by atoms with Crippen LogP contribution < -0.4 is 4.90 Å². The molecule has 0 aliphatic carbocycles. The number of carbonyl (C=O) groups excluding carboxylic acids is 2. The summed E-state index contributed by atoms with van der Waals surface area (Å²) in [6.45, 7) is 2.00. The smallest absolute Gasteiger partial charge is 0.341 e. The number of benzene rings is 1. The molecule has 0 aliphatic heterocycles. The lowest BCUT2D eigenvalue weighted by Gasteiger charge is -2.13. The van der Waals surface area contributed by atoms with Crippen molar-refractivity contribution in [3.63, 3.8) is 0 Å². The van der Waals surface area contributed by atoms with Gasteiger partial charge in [-0.25, -0.2) is 18.9 Å². The number of esters is 1. The van der Waals surface area contributed by atoms with Crippen LogP contribution in [0.2, 0.25) is 0 Å². The lowest BCUT2D eigenvalue weighted by Crippen LogP contribution is -2.26. The second-order valence-electron chi connectivity index (χ2n) is 5.25. The largest absolute Gasteiger partial charge is 0.462 e. The maximum atomic E-state index is 13.0. The van der Waals surface area contributed by atoms with Gasteiger partial charge in [0.1, 0.15) is 5.82 Å². The number of amides is 1. The van der Waals surface area contributed by atoms with E-state index < -0.39 is 11.8 Å². The molecule has 0 radical (unpaired) electrons. The first kappa shape index (κ1) is 17.7. The molecule has 3 rings (SSSR count). The van der Waals surface area contributed by atoms with Crippen LogP contribution in [0.5, 0.6) is 0 Å². The van der Waals surface area contributed by atoms with E-state index in [0.717, 1.165) is 0 Å². The number of hydrogen-bond acceptors (Lipinski definition) is 6. The molecular weight excluding hydrogens is 359 g/mol. The number of nitrogens with zero attached hydrogens (tertiary/aromatic N) is 4. The molecule has 0 unspecified atom stereocenters. The van der Waals surface area contributed by atoms with Crippen molar-refractivity contribution in [2.24, 2.45) is 0 Å². The van der Waals surface area contributed by atoms with Crippen LogP contribution in [0.3, 0.4) is 0 Å². The number of aromatic nitrogens is 3. The van der Waals surface area contributed by atoms with Gasteiger partial charge in [-0.3, -0.25) is 9.69 Å². The van der Waals surface area contributed by atoms with Crippen LogP contribution in [0, 0.1) is 5.82 Å². The molecule has 0 atom stereocenters. The quantitative estimate of drug-likeness (QED) is 0.642. The Hall–Kier alpha value is -3.07. The van der Waals surface area contributed by atoms with E-state index in [2.05, 4.69) is 10.1 Å². The van der Waals surface area contributed by atoms with Gasteiger partial charge >= 0.3 is 5.97 Å². The first-order chi connectivity index (χ1) is 12.5. The summed E-state index contributed by atoms with van der Waals surface area (Å²) in [5.74, 6) is -0.701. The van der Waals surface area contributed by atoms with E-state index in [-0.39, 0.29) is 12.5 Å². The Morgan fingerprint density at radius 1 is 1.27 bits per heavy atom. The summed E-state index contributed by atoms with van der Waals surface area (Å²) < 4.78 is 19.3. The van der Waals surface area contributed by atoms with Crippen molar-refractivity contribution < 1.29 is 18.7 Å². The number of hydrogen-bond donors (Lipinski definition) is 0. The van der Waals surface area contributed by atoms with Crippen molar-refractivity contribution in [1.29, 1.82) is 0 Å². The predicted molar refractivity (Wildman–Crippen MR) is 94.3 cm³/mol. The zero-order valence-electron chi connectivity index (χ0n) is 14.0. The molecule has 0 saturated heterocycles. The van der Waals surface area contributed by atoms with Gasteiger partial charge in [-0.1, -0.05) is 0 Å². The zero-order chi connectivity index (χ0) is 18.7. The van der Waals surface area contributed by atoms with Crippen molar-refractivity contribution in [3.8, 4) is 5.82 Å². The number of carbonyl (C=O) groups is 2. The van der Waals surface area contributed by atoms with Crippen molar-refractivity contribution in [3.05, 3.63) is 59.0 Å². The van der Waals surface area contributed by atoms with E-state index in [1.807, 2.05) is 0 Å². The Morgan fingerprint density at radius 2 is 2.00 bits per heavy atom. The summed E-state index contributed by atoms with van der Waals surface area (Å²) >= 11 is 1.25. The van der Waals surface area contributed by atoms with E-state index in [1.165, 1.54) is 57.6 Å². The molecule has 7 nitrogen and oxygen atoms in total. The van der Waals surface area contributed by atoms with Crippen LogP contribution >= 0.6 is 11.3 Å². The average Bonchev–Trinajstić information content (AvgIpc) is 3.30. The Bertz CT molecular complexity index is 936. The van der Waals surface area contributed by atoms with Gasteiger partial charge in [0.2, 0.25) is 0 Å². The van der Waals surface area contributed by atoms with Crippen LogP contribution in [0.25, 0.3) is 5.82 Å². The predicted octanol–water partition coefficient (Wildman–Crippen LogP) is 2.92. The number of halogens is 1. The minimum Gasteiger partial charge on any atom is -0.462 e. The van der Waals surface area contributed by atoms with Gasteiger partial charge in [0.25, 0.3) is 5.91 Å². The lowest BCUT2D eigenvalue weighted by atomic mass is 10.2. The topological polar surface area (TPSA) is 77.3 Å². The highest BCUT2D eigenvalue weighted by molar-refractivity contribution is 7.14. The third-order valence-electron chi connectivity index (χ3n) is 3.49. The van der Waals surface area contributed by atoms with Crippen molar-refractivity contribution in [2.45, 2.75) is 6.92 Å². The van der Waals surface area contributed by atoms with Crippen LogP contribution in [0.15, 0.2) is 42.0 Å². The number of thiazole rings is 1. The minimum atomic E-state index is -0.460. The van der Waals surface area contributed by atoms with Gasteiger partial charge in [-0.15, -0.1) is 11.3 Å². The molecule has 0 N–H and O–H groups in total. The normalized spacial score (nSPS) is 10.6. The van der Waals surface area contributed by atoms with Crippen LogP contribution in [0.4, 0.5) is 9.52 Å². The van der Waals surface area contributed by atoms with Gasteiger partial charge in [0.15, 0.2) is 10.9 Å². The van der Waals surface area contributed by atoms with Crippen LogP contribution in [0.1, 0.15) is 27.6 Å². The van der Waals surface area contributed by atoms with E-state index in [0.29, 0.717) is 22.1 Å². The summed E-state index contributed by atoms with van der Waals surface area (Å²) in [5.41, 5.74) is 0.673. The highest BCUT2D eigenvalue weighted by Gasteiger charge is 2.18. The van der Waals surface area contributed by atoms with Crippen molar-refractivity contribution in [1.82, 2.24) is 14.8 Å². The van der Waals surface area contributed by atoms with Gasteiger partial charge in [0, 0.05) is 24.2 Å². The fraction of sp³-hybridized carbons (Fsp3) is 0.176. The molecule has 0 fully saturated rings. The Balaban J connectivity index is 1.78. The first-order valence-electron chi connectivity index (χ1n) is 7.71. The fourth-order valence-corrected chi connectivity index (χ4v) is 2.92. The fourth-order valence-electron chi connectivity index (χ4n) is 2.16. The molecule has 1 aromatic carbocycles. The summed E-state index contributed by atoms with van der Waals surface area (Å²) in [6, 6.07) is 5.30. The lowest BCUT2D eigenvalue weighted by molar-refractivity contribution is 0.0526. The molecule has 9 heteroatoms. The Morgan fingerprint density at radius 3 is 2.69 bits per heavy atom. The third kappa shape index (κ3) is 3.62. The molecular formula is C17H15FN4O3S. The molecule has 2 heterocycles. The number of anilines is 1. The van der Waals surface area contributed by atoms with E-state index >= 15 is 0 Å². The maximum absolute atomic E-state index is 13.0. The number of rotatable bonds is 5. The minimum absolute atomic E-state index is 0.279. The second kappa shape index (κ2) is 7.44. The molecule has 26 heavy (non-hydrogen) atoms. The van der Waals surface area contributed by atoms with Gasteiger partial charge in [-0.2, -0.15) is 5.10 Å². The molecule has 0 bridgehead atoms. The van der Waals surface area contributed by atoms with Gasteiger partial charge in [-0.05, 0) is 31.2 Å². The Labute approximate surface area is 152 Å². The van der Waals surface area contributed by atoms with E-state index in [9.17, 15) is 14.0 Å². The van der Waals surface area contributed by atoms with Crippen molar-refractivity contribution >= 4 is 28.3 Å². The molecule has 0 spiro atoms. The zero-order valence-corrected chi connectivity index (χ0v) is 14.9. The van der Waals surface area contributed by atoms with Gasteiger partial charge < -0.3 is 4.74 Å². The first-order valence-corrected chi connectivity index (χ1v) is 8.59. The van der Waals surface area contributed by atoms with Crippen LogP contribution in [-0.2, 0) is 4.74 Å². The SMILES string of the molecule is CCOC(=O)c1cnn(-c2csc(N(C)C(=O)c3ccc(F)cc3)n2)c1. The van der Waals surface area contributed by atoms with Crippen LogP contribution in [-0.4, -0.2) is 40.3 Å². The summed E-state index contributed by atoms with van der Waals surface area (Å²) in [7, 11) is 1.58. The maximum Gasteiger partial charge on any atom is 0.341 e. The van der Waals surface area contributed by atoms with E-state index in [1.54, 1.807) is 19.4 Å². The van der Waals surface area contributed by atoms with E-state index in [4.69, 9.17) is 4.74 Å². The summed E-state index contributed by atoms with van der Waals surface area (Å²) in [5, 5.41) is 6.25. The average molecular weight is 374 g/mol. The molecule has 3 aromatic rings. The number of ether oxygens (including phenoxy) is 1. The monoisotopic (exact) mass is 374 g/mol. The highest BCUT2D eigenvalue weighted by Crippen LogP contribution is 2.23. The van der Waals surface area contributed by atoms with Crippen molar-refractivity contribution in [2.75, 3.05) is 18.6 Å². The summed E-state index contributed by atoms with van der Waals surface area (Å²) in [6.07, 6.45) is 2.91. The molecule has 2 aromatic heterocycles. The summed E-state index contributed by atoms with van der Waals surface area (Å²) in [4.78, 5) is 29.9.